The first-order valence-electron chi connectivity index (χ1n) is 5.08. The van der Waals surface area contributed by atoms with Gasteiger partial charge in [0.05, 0.1) is 0 Å². The highest BCUT2D eigenvalue weighted by Gasteiger charge is 2.08. The standard InChI is InChI=1S/C10H24N2/c1-5-12(6-2)8-10(11)7-9(3)4/h9-10H,5-8,11H2,1-4H3. The molecule has 12 heavy (non-hydrogen) atoms. The van der Waals surface area contributed by atoms with Gasteiger partial charge >= 0.3 is 0 Å². The molecule has 0 spiro atoms. The molecule has 0 aromatic carbocycles. The zero-order valence-electron chi connectivity index (χ0n) is 9.01. The van der Waals surface area contributed by atoms with Crippen LogP contribution in [0.5, 0.6) is 0 Å². The summed E-state index contributed by atoms with van der Waals surface area (Å²) in [6, 6.07) is 0.352. The van der Waals surface area contributed by atoms with Crippen LogP contribution in [-0.4, -0.2) is 30.6 Å². The molecule has 2 N–H and O–H groups in total. The largest absolute Gasteiger partial charge is 0.327 e. The summed E-state index contributed by atoms with van der Waals surface area (Å²) in [7, 11) is 0. The van der Waals surface area contributed by atoms with E-state index in [1.54, 1.807) is 0 Å². The smallest absolute Gasteiger partial charge is 0.0170 e. The van der Waals surface area contributed by atoms with Gasteiger partial charge in [-0.1, -0.05) is 27.7 Å². The van der Waals surface area contributed by atoms with E-state index >= 15 is 0 Å². The van der Waals surface area contributed by atoms with Crippen LogP contribution in [0.15, 0.2) is 0 Å². The van der Waals surface area contributed by atoms with Gasteiger partial charge in [-0.25, -0.2) is 0 Å². The average molecular weight is 172 g/mol. The fourth-order valence-electron chi connectivity index (χ4n) is 1.49. The lowest BCUT2D eigenvalue weighted by Crippen LogP contribution is -2.38. The Hall–Kier alpha value is -0.0800. The van der Waals surface area contributed by atoms with E-state index in [9.17, 15) is 0 Å². The Morgan fingerprint density at radius 2 is 1.67 bits per heavy atom. The summed E-state index contributed by atoms with van der Waals surface area (Å²) in [5.74, 6) is 0.718. The molecule has 0 heterocycles. The maximum Gasteiger partial charge on any atom is 0.0170 e. The minimum Gasteiger partial charge on any atom is -0.327 e. The van der Waals surface area contributed by atoms with Crippen LogP contribution in [0, 0.1) is 5.92 Å². The predicted octanol–water partition coefficient (Wildman–Crippen LogP) is 1.70. The summed E-state index contributed by atoms with van der Waals surface area (Å²) in [5, 5.41) is 0. The lowest BCUT2D eigenvalue weighted by molar-refractivity contribution is 0.269. The molecule has 0 saturated heterocycles. The number of hydrogen-bond acceptors (Lipinski definition) is 2. The molecule has 0 aliphatic carbocycles. The molecule has 0 bridgehead atoms. The van der Waals surface area contributed by atoms with Crippen LogP contribution >= 0.6 is 0 Å². The number of likely N-dealkylation sites (N-methyl/N-ethyl adjacent to an activating group) is 1. The molecule has 0 aromatic heterocycles. The van der Waals surface area contributed by atoms with E-state index in [2.05, 4.69) is 32.6 Å². The van der Waals surface area contributed by atoms with E-state index in [-0.39, 0.29) is 0 Å². The van der Waals surface area contributed by atoms with E-state index in [1.165, 1.54) is 0 Å². The Morgan fingerprint density at radius 3 is 2.00 bits per heavy atom. The molecule has 2 heteroatoms. The number of rotatable bonds is 6. The van der Waals surface area contributed by atoms with E-state index < -0.39 is 0 Å². The van der Waals surface area contributed by atoms with E-state index in [0.717, 1.165) is 32.0 Å². The molecule has 0 saturated carbocycles. The van der Waals surface area contributed by atoms with Crippen molar-refractivity contribution in [1.29, 1.82) is 0 Å². The van der Waals surface area contributed by atoms with Gasteiger partial charge in [0.15, 0.2) is 0 Å². The molecule has 2 nitrogen and oxygen atoms in total. The van der Waals surface area contributed by atoms with Gasteiger partial charge in [-0.05, 0) is 25.4 Å². The van der Waals surface area contributed by atoms with Crippen molar-refractivity contribution >= 4 is 0 Å². The molecule has 0 rings (SSSR count). The number of nitrogens with zero attached hydrogens (tertiary/aromatic N) is 1. The van der Waals surface area contributed by atoms with Crippen molar-refractivity contribution in [3.05, 3.63) is 0 Å². The zero-order valence-corrected chi connectivity index (χ0v) is 9.01. The predicted molar refractivity (Wildman–Crippen MR) is 55.2 cm³/mol. The fraction of sp³-hybridized carbons (Fsp3) is 1.00. The Morgan fingerprint density at radius 1 is 1.17 bits per heavy atom. The molecule has 0 aromatic rings. The van der Waals surface area contributed by atoms with Gasteiger partial charge in [-0.15, -0.1) is 0 Å². The highest BCUT2D eigenvalue weighted by Crippen LogP contribution is 2.03. The average Bonchev–Trinajstić information content (AvgIpc) is 1.98. The monoisotopic (exact) mass is 172 g/mol. The lowest BCUT2D eigenvalue weighted by atomic mass is 10.0. The van der Waals surface area contributed by atoms with Gasteiger partial charge in [0.25, 0.3) is 0 Å². The molecule has 0 amide bonds. The molecule has 1 unspecified atom stereocenters. The molecule has 0 aliphatic rings. The van der Waals surface area contributed by atoms with Crippen LogP contribution in [0.1, 0.15) is 34.1 Å². The van der Waals surface area contributed by atoms with Crippen molar-refractivity contribution in [2.24, 2.45) is 11.7 Å². The van der Waals surface area contributed by atoms with Crippen LogP contribution in [-0.2, 0) is 0 Å². The van der Waals surface area contributed by atoms with Crippen molar-refractivity contribution in [2.75, 3.05) is 19.6 Å². The minimum atomic E-state index is 0.352. The first-order chi connectivity index (χ1) is 5.60. The highest BCUT2D eigenvalue weighted by molar-refractivity contribution is 4.68. The van der Waals surface area contributed by atoms with Crippen molar-refractivity contribution in [1.82, 2.24) is 4.90 Å². The maximum absolute atomic E-state index is 5.98. The Labute approximate surface area is 77.1 Å². The Bertz CT molecular complexity index is 98.0. The Kier molecular flexibility index (Phi) is 6.39. The van der Waals surface area contributed by atoms with Crippen LogP contribution in [0.4, 0.5) is 0 Å². The van der Waals surface area contributed by atoms with Gasteiger partial charge < -0.3 is 10.6 Å². The van der Waals surface area contributed by atoms with Gasteiger partial charge in [0.2, 0.25) is 0 Å². The van der Waals surface area contributed by atoms with Crippen molar-refractivity contribution < 1.29 is 0 Å². The third kappa shape index (κ3) is 5.56. The van der Waals surface area contributed by atoms with Crippen LogP contribution in [0.25, 0.3) is 0 Å². The lowest BCUT2D eigenvalue weighted by Gasteiger charge is -2.23. The van der Waals surface area contributed by atoms with Gasteiger partial charge in [-0.3, -0.25) is 0 Å². The van der Waals surface area contributed by atoms with E-state index in [1.807, 2.05) is 0 Å². The third-order valence-corrected chi connectivity index (χ3v) is 2.16. The first-order valence-corrected chi connectivity index (χ1v) is 5.08. The molecule has 0 fully saturated rings. The topological polar surface area (TPSA) is 29.3 Å². The molecule has 74 valence electrons. The molecule has 1 atom stereocenters. The summed E-state index contributed by atoms with van der Waals surface area (Å²) in [5.41, 5.74) is 5.98. The van der Waals surface area contributed by atoms with E-state index in [4.69, 9.17) is 5.73 Å². The summed E-state index contributed by atoms with van der Waals surface area (Å²) in [6.45, 7) is 12.1. The van der Waals surface area contributed by atoms with Crippen molar-refractivity contribution in [2.45, 2.75) is 40.2 Å². The van der Waals surface area contributed by atoms with Crippen LogP contribution in [0.2, 0.25) is 0 Å². The molecular weight excluding hydrogens is 148 g/mol. The normalized spacial score (nSPS) is 14.2. The summed E-state index contributed by atoms with van der Waals surface area (Å²) in [6.07, 6.45) is 1.14. The van der Waals surface area contributed by atoms with E-state index in [0.29, 0.717) is 6.04 Å². The summed E-state index contributed by atoms with van der Waals surface area (Å²) in [4.78, 5) is 2.38. The molecule has 0 radical (unpaired) electrons. The van der Waals surface area contributed by atoms with Crippen molar-refractivity contribution in [3.63, 3.8) is 0 Å². The molecular formula is C10H24N2. The highest BCUT2D eigenvalue weighted by atomic mass is 15.1. The summed E-state index contributed by atoms with van der Waals surface area (Å²) < 4.78 is 0. The second kappa shape index (κ2) is 6.44. The quantitative estimate of drug-likeness (QED) is 0.661. The minimum absolute atomic E-state index is 0.352. The van der Waals surface area contributed by atoms with Gasteiger partial charge in [0.1, 0.15) is 0 Å². The van der Waals surface area contributed by atoms with Gasteiger partial charge in [0, 0.05) is 12.6 Å². The zero-order chi connectivity index (χ0) is 9.56. The SMILES string of the molecule is CCN(CC)CC(N)CC(C)C. The van der Waals surface area contributed by atoms with Crippen LogP contribution < -0.4 is 5.73 Å². The third-order valence-electron chi connectivity index (χ3n) is 2.16. The second-order valence-corrected chi connectivity index (χ2v) is 3.88. The summed E-state index contributed by atoms with van der Waals surface area (Å²) >= 11 is 0. The second-order valence-electron chi connectivity index (χ2n) is 3.88. The first kappa shape index (κ1) is 11.9. The number of nitrogens with two attached hydrogens (primary N) is 1. The Balaban J connectivity index is 3.58. The molecule has 0 aliphatic heterocycles. The van der Waals surface area contributed by atoms with Crippen LogP contribution in [0.3, 0.4) is 0 Å². The number of hydrogen-bond donors (Lipinski definition) is 1. The van der Waals surface area contributed by atoms with Crippen molar-refractivity contribution in [3.8, 4) is 0 Å². The fourth-order valence-corrected chi connectivity index (χ4v) is 1.49. The maximum atomic E-state index is 5.98. The van der Waals surface area contributed by atoms with Gasteiger partial charge in [-0.2, -0.15) is 0 Å².